The summed E-state index contributed by atoms with van der Waals surface area (Å²) in [5.41, 5.74) is 0.781. The van der Waals surface area contributed by atoms with E-state index >= 15 is 0 Å². The summed E-state index contributed by atoms with van der Waals surface area (Å²) in [6, 6.07) is 7.77. The Bertz CT molecular complexity index is 344. The summed E-state index contributed by atoms with van der Waals surface area (Å²) >= 11 is 0. The van der Waals surface area contributed by atoms with Crippen molar-refractivity contribution in [2.75, 3.05) is 32.7 Å². The molecule has 1 saturated heterocycles. The van der Waals surface area contributed by atoms with E-state index in [1.165, 1.54) is 6.07 Å². The van der Waals surface area contributed by atoms with Crippen molar-refractivity contribution in [1.82, 2.24) is 9.80 Å². The van der Waals surface area contributed by atoms with E-state index in [0.29, 0.717) is 0 Å². The number of hydrogen-bond donors (Lipinski definition) is 0. The molecule has 96 valence electrons. The minimum atomic E-state index is -0.138. The van der Waals surface area contributed by atoms with E-state index in [0.717, 1.165) is 44.8 Å². The van der Waals surface area contributed by atoms with Crippen LogP contribution in [-0.2, 0) is 6.54 Å². The molecule has 1 aliphatic rings. The first-order chi connectivity index (χ1) is 7.79. The Balaban J connectivity index is 0.00000144. The molecule has 1 aliphatic heterocycles. The second kappa shape index (κ2) is 9.26. The maximum Gasteiger partial charge on any atom is 2.00 e. The predicted octanol–water partition coefficient (Wildman–Crippen LogP) is -1.61. The molecule has 0 bridgehead atoms. The van der Waals surface area contributed by atoms with Crippen molar-refractivity contribution in [2.24, 2.45) is 0 Å². The van der Waals surface area contributed by atoms with Gasteiger partial charge in [0.2, 0.25) is 0 Å². The first kappa shape index (κ1) is 18.3. The maximum atomic E-state index is 13.4. The van der Waals surface area contributed by atoms with Gasteiger partial charge in [0.05, 0.1) is 0 Å². The molecule has 0 aliphatic carbocycles. The van der Waals surface area contributed by atoms with Crippen LogP contribution < -0.4 is 17.0 Å². The molecule has 2 rings (SSSR count). The molecule has 1 aromatic carbocycles. The zero-order chi connectivity index (χ0) is 11.4. The van der Waals surface area contributed by atoms with Gasteiger partial charge in [0.1, 0.15) is 0 Å². The third-order valence-corrected chi connectivity index (χ3v) is 3.20. The van der Waals surface area contributed by atoms with Gasteiger partial charge in [0.15, 0.2) is 0 Å². The molecule has 0 spiro atoms. The first-order valence-corrected chi connectivity index (χ1v) is 5.89. The fourth-order valence-electron chi connectivity index (χ4n) is 2.08. The van der Waals surface area contributed by atoms with Crippen molar-refractivity contribution >= 4 is 23.1 Å². The molecular weight excluding hydrogens is 307 g/mol. The molecule has 0 unspecified atom stereocenters. The van der Waals surface area contributed by atoms with Crippen LogP contribution in [0.25, 0.3) is 0 Å². The molecule has 0 N–H and O–H groups in total. The van der Waals surface area contributed by atoms with Crippen molar-refractivity contribution in [2.45, 2.75) is 13.5 Å². The van der Waals surface area contributed by atoms with Gasteiger partial charge in [-0.1, -0.05) is 6.92 Å². The number of piperazine rings is 1. The summed E-state index contributed by atoms with van der Waals surface area (Å²) in [4.78, 5) is 4.73. The number of hydrogen-bond acceptors (Lipinski definition) is 2. The van der Waals surface area contributed by atoms with Crippen LogP contribution in [0.2, 0.25) is 0 Å². The smallest absolute Gasteiger partial charge is 1.00 e. The molecule has 0 amide bonds. The van der Waals surface area contributed by atoms with Gasteiger partial charge in [-0.3, -0.25) is 9.29 Å². The van der Waals surface area contributed by atoms with Crippen LogP contribution in [0.1, 0.15) is 12.5 Å². The summed E-state index contributed by atoms with van der Waals surface area (Å²) in [6.45, 7) is 8.27. The summed E-state index contributed by atoms with van der Waals surface area (Å²) < 4.78 is 13.4. The minimum absolute atomic E-state index is 0. The second-order valence-electron chi connectivity index (χ2n) is 4.23. The first-order valence-electron chi connectivity index (χ1n) is 5.89. The van der Waals surface area contributed by atoms with Gasteiger partial charge in [-0.25, -0.2) is 0 Å². The molecule has 0 radical (unpaired) electrons. The molecule has 18 heavy (non-hydrogen) atoms. The average Bonchev–Trinajstić information content (AvgIpc) is 2.33. The Labute approximate surface area is 135 Å². The van der Waals surface area contributed by atoms with Gasteiger partial charge < -0.3 is 21.9 Å². The van der Waals surface area contributed by atoms with Crippen LogP contribution in [0.5, 0.6) is 0 Å². The zero-order valence-electron chi connectivity index (χ0n) is 10.8. The molecule has 2 nitrogen and oxygen atoms in total. The summed E-state index contributed by atoms with van der Waals surface area (Å²) in [5.74, 6) is -0.138. The Morgan fingerprint density at radius 2 is 1.83 bits per heavy atom. The van der Waals surface area contributed by atoms with Crippen LogP contribution in [-0.4, -0.2) is 65.6 Å². The van der Waals surface area contributed by atoms with E-state index < -0.39 is 0 Å². The van der Waals surface area contributed by atoms with Crippen molar-refractivity contribution in [3.63, 3.8) is 0 Å². The maximum absolute atomic E-state index is 13.4. The van der Waals surface area contributed by atoms with E-state index in [1.807, 2.05) is 6.07 Å². The third-order valence-electron chi connectivity index (χ3n) is 3.20. The van der Waals surface area contributed by atoms with E-state index in [1.54, 1.807) is 6.07 Å². The monoisotopic (exact) mass is 324 g/mol. The summed E-state index contributed by atoms with van der Waals surface area (Å²) in [7, 11) is 0. The molecule has 0 saturated carbocycles. The molecule has 1 aromatic rings. The Morgan fingerprint density at radius 3 is 2.39 bits per heavy atom. The molecule has 1 heterocycles. The van der Waals surface area contributed by atoms with E-state index in [-0.39, 0.29) is 45.9 Å². The minimum Gasteiger partial charge on any atom is -1.00 e. The van der Waals surface area contributed by atoms with Crippen molar-refractivity contribution in [1.29, 1.82) is 0 Å². The standard InChI is InChI=1S/C13H18FN2.BrH.Mg/c1-2-15-7-9-16(10-8-15)11-12-5-3-4-6-13(12)14;;/h3,5-6H,2,7-11H2,1H3;1H;/q-1;;+2/p-1. The number of rotatable bonds is 3. The molecular formula is C13H18BrFMgN2. The van der Waals surface area contributed by atoms with Gasteiger partial charge >= 0.3 is 23.1 Å². The third kappa shape index (κ3) is 5.13. The zero-order valence-corrected chi connectivity index (χ0v) is 13.8. The fourth-order valence-corrected chi connectivity index (χ4v) is 2.08. The fraction of sp³-hybridized carbons (Fsp3) is 0.538. The molecule has 0 atom stereocenters. The van der Waals surface area contributed by atoms with Crippen LogP contribution in [0, 0.1) is 11.9 Å². The quantitative estimate of drug-likeness (QED) is 0.487. The van der Waals surface area contributed by atoms with Crippen LogP contribution in [0.3, 0.4) is 0 Å². The van der Waals surface area contributed by atoms with E-state index in [9.17, 15) is 4.39 Å². The van der Waals surface area contributed by atoms with Crippen molar-refractivity contribution in [3.05, 3.63) is 35.6 Å². The van der Waals surface area contributed by atoms with E-state index in [4.69, 9.17) is 0 Å². The number of likely N-dealkylation sites (N-methyl/N-ethyl adjacent to an activating group) is 1. The topological polar surface area (TPSA) is 6.48 Å². The Morgan fingerprint density at radius 1 is 1.22 bits per heavy atom. The largest absolute Gasteiger partial charge is 2.00 e. The number of benzene rings is 1. The van der Waals surface area contributed by atoms with Gasteiger partial charge in [0, 0.05) is 38.5 Å². The Kier molecular flexibility index (Phi) is 9.42. The van der Waals surface area contributed by atoms with Crippen LogP contribution >= 0.6 is 0 Å². The van der Waals surface area contributed by atoms with Gasteiger partial charge in [0.25, 0.3) is 0 Å². The number of nitrogens with zero attached hydrogens (tertiary/aromatic N) is 2. The predicted molar refractivity (Wildman–Crippen MR) is 68.4 cm³/mol. The average molecular weight is 326 g/mol. The molecule has 1 fully saturated rings. The van der Waals surface area contributed by atoms with Gasteiger partial charge in [-0.2, -0.15) is 18.2 Å². The summed E-state index contributed by atoms with van der Waals surface area (Å²) in [5, 5.41) is 0. The van der Waals surface area contributed by atoms with Crippen LogP contribution in [0.15, 0.2) is 18.2 Å². The van der Waals surface area contributed by atoms with Crippen LogP contribution in [0.4, 0.5) is 4.39 Å². The van der Waals surface area contributed by atoms with E-state index in [2.05, 4.69) is 22.8 Å². The van der Waals surface area contributed by atoms with Crippen molar-refractivity contribution < 1.29 is 21.4 Å². The molecule has 0 aromatic heterocycles. The second-order valence-corrected chi connectivity index (χ2v) is 4.23. The SMILES string of the molecule is CCN1CCN(Cc2cc[c-]cc2F)CC1.[Br-].[Mg+2]. The molecule has 5 heteroatoms. The Hall–Kier alpha value is 0.316. The van der Waals surface area contributed by atoms with Crippen molar-refractivity contribution in [3.8, 4) is 0 Å². The summed E-state index contributed by atoms with van der Waals surface area (Å²) in [6.07, 6.45) is 0. The number of halogens is 2. The van der Waals surface area contributed by atoms with Gasteiger partial charge in [-0.15, -0.1) is 11.6 Å². The van der Waals surface area contributed by atoms with Gasteiger partial charge in [-0.05, 0) is 6.54 Å². The normalized spacial score (nSPS) is 16.8.